The fraction of sp³-hybridized carbons (Fsp3) is 0.500. The molecule has 0 saturated heterocycles. The highest BCUT2D eigenvalue weighted by molar-refractivity contribution is 9.10. The number of aliphatic hydroxyl groups excluding tert-OH is 1. The first kappa shape index (κ1) is 14.0. The van der Waals surface area contributed by atoms with Crippen LogP contribution in [0, 0.1) is 5.41 Å². The quantitative estimate of drug-likeness (QED) is 0.887. The molecule has 2 unspecified atom stereocenters. The molecule has 6 heteroatoms. The third kappa shape index (κ3) is 2.47. The van der Waals surface area contributed by atoms with E-state index < -0.39 is 21.5 Å². The number of hydrogen-bond donors (Lipinski definition) is 2. The average Bonchev–Trinajstić information content (AvgIpc) is 2.29. The molecule has 0 aliphatic heterocycles. The van der Waals surface area contributed by atoms with Gasteiger partial charge in [-0.15, -0.1) is 0 Å². The van der Waals surface area contributed by atoms with Crippen LogP contribution in [0.2, 0.25) is 0 Å². The molecule has 2 rings (SSSR count). The third-order valence-electron chi connectivity index (χ3n) is 3.64. The third-order valence-corrected chi connectivity index (χ3v) is 5.65. The summed E-state index contributed by atoms with van der Waals surface area (Å²) in [6.45, 7) is 3.71. The van der Waals surface area contributed by atoms with Crippen LogP contribution in [-0.2, 0) is 10.0 Å². The first-order valence-electron chi connectivity index (χ1n) is 5.69. The second-order valence-corrected chi connectivity index (χ2v) is 7.83. The highest BCUT2D eigenvalue weighted by Gasteiger charge is 2.48. The number of nitrogens with one attached hydrogen (secondary N) is 1. The normalized spacial score (nSPS) is 26.7. The van der Waals surface area contributed by atoms with Crippen LogP contribution in [0.3, 0.4) is 0 Å². The van der Waals surface area contributed by atoms with Crippen LogP contribution in [0.5, 0.6) is 0 Å². The fourth-order valence-corrected chi connectivity index (χ4v) is 3.64. The number of rotatable bonds is 3. The van der Waals surface area contributed by atoms with E-state index in [2.05, 4.69) is 20.7 Å². The highest BCUT2D eigenvalue weighted by atomic mass is 79.9. The van der Waals surface area contributed by atoms with Crippen molar-refractivity contribution < 1.29 is 13.5 Å². The van der Waals surface area contributed by atoms with Crippen LogP contribution in [0.1, 0.15) is 20.3 Å². The van der Waals surface area contributed by atoms with Crippen molar-refractivity contribution >= 4 is 26.0 Å². The Hall–Kier alpha value is -0.430. The molecule has 0 amide bonds. The summed E-state index contributed by atoms with van der Waals surface area (Å²) in [6, 6.07) is 6.26. The predicted octanol–water partition coefficient (Wildman–Crippen LogP) is 1.89. The highest BCUT2D eigenvalue weighted by Crippen LogP contribution is 2.41. The Morgan fingerprint density at radius 3 is 2.33 bits per heavy atom. The summed E-state index contributed by atoms with van der Waals surface area (Å²) in [4.78, 5) is 0.239. The average molecular weight is 334 g/mol. The van der Waals surface area contributed by atoms with Gasteiger partial charge < -0.3 is 5.11 Å². The van der Waals surface area contributed by atoms with E-state index in [9.17, 15) is 13.5 Å². The lowest BCUT2D eigenvalue weighted by atomic mass is 9.65. The summed E-state index contributed by atoms with van der Waals surface area (Å²) < 4.78 is 27.7. The zero-order chi connectivity index (χ0) is 13.6. The predicted molar refractivity (Wildman–Crippen MR) is 72.7 cm³/mol. The van der Waals surface area contributed by atoms with Gasteiger partial charge in [0.2, 0.25) is 10.0 Å². The van der Waals surface area contributed by atoms with Crippen molar-refractivity contribution in [2.45, 2.75) is 37.3 Å². The second-order valence-electron chi connectivity index (χ2n) is 5.20. The molecule has 0 aromatic heterocycles. The molecule has 0 spiro atoms. The van der Waals surface area contributed by atoms with Crippen molar-refractivity contribution in [1.29, 1.82) is 0 Å². The van der Waals surface area contributed by atoms with Crippen molar-refractivity contribution in [2.75, 3.05) is 0 Å². The van der Waals surface area contributed by atoms with E-state index in [0.29, 0.717) is 6.42 Å². The molecule has 0 bridgehead atoms. The lowest BCUT2D eigenvalue weighted by Gasteiger charge is -2.49. The molecule has 1 saturated carbocycles. The molecule has 0 radical (unpaired) electrons. The molecule has 1 aliphatic carbocycles. The van der Waals surface area contributed by atoms with E-state index in [0.717, 1.165) is 4.47 Å². The van der Waals surface area contributed by atoms with Gasteiger partial charge in [0, 0.05) is 15.9 Å². The minimum absolute atomic E-state index is 0.221. The largest absolute Gasteiger partial charge is 0.392 e. The second kappa shape index (κ2) is 4.59. The zero-order valence-corrected chi connectivity index (χ0v) is 12.6. The molecule has 1 fully saturated rings. The number of sulfonamides is 1. The minimum Gasteiger partial charge on any atom is -0.392 e. The van der Waals surface area contributed by atoms with Crippen molar-refractivity contribution in [3.05, 3.63) is 28.7 Å². The Balaban J connectivity index is 2.16. The van der Waals surface area contributed by atoms with Crippen LogP contribution < -0.4 is 4.72 Å². The van der Waals surface area contributed by atoms with Gasteiger partial charge in [0.25, 0.3) is 0 Å². The van der Waals surface area contributed by atoms with E-state index in [-0.39, 0.29) is 10.9 Å². The van der Waals surface area contributed by atoms with Gasteiger partial charge in [-0.05, 0) is 30.7 Å². The van der Waals surface area contributed by atoms with Crippen molar-refractivity contribution in [2.24, 2.45) is 5.41 Å². The molecular weight excluding hydrogens is 318 g/mol. The van der Waals surface area contributed by atoms with E-state index in [1.54, 1.807) is 24.3 Å². The van der Waals surface area contributed by atoms with Gasteiger partial charge in [-0.1, -0.05) is 29.8 Å². The standard InChI is InChI=1S/C12H16BrNO3S/c1-12(2)10(7-11(12)15)14-18(16,17)9-5-3-8(13)4-6-9/h3-6,10-11,14-15H,7H2,1-2H3. The Kier molecular flexibility index (Phi) is 3.57. The minimum atomic E-state index is -3.51. The van der Waals surface area contributed by atoms with Crippen molar-refractivity contribution in [3.8, 4) is 0 Å². The molecule has 0 heterocycles. The number of benzene rings is 1. The number of halogens is 1. The summed E-state index contributed by atoms with van der Waals surface area (Å²) in [5.74, 6) is 0. The Bertz CT molecular complexity index is 539. The Morgan fingerprint density at radius 2 is 1.89 bits per heavy atom. The van der Waals surface area contributed by atoms with E-state index in [1.807, 2.05) is 13.8 Å². The molecule has 1 aliphatic rings. The van der Waals surface area contributed by atoms with Crippen LogP contribution in [0.15, 0.2) is 33.6 Å². The van der Waals surface area contributed by atoms with Crippen LogP contribution in [-0.4, -0.2) is 25.7 Å². The van der Waals surface area contributed by atoms with E-state index >= 15 is 0 Å². The molecule has 4 nitrogen and oxygen atoms in total. The lowest BCUT2D eigenvalue weighted by molar-refractivity contribution is -0.0645. The maximum absolute atomic E-state index is 12.1. The number of hydrogen-bond acceptors (Lipinski definition) is 3. The lowest BCUT2D eigenvalue weighted by Crippen LogP contribution is -2.61. The van der Waals surface area contributed by atoms with Gasteiger partial charge in [0.1, 0.15) is 0 Å². The summed E-state index contributed by atoms with van der Waals surface area (Å²) >= 11 is 3.27. The van der Waals surface area contributed by atoms with Crippen molar-refractivity contribution in [3.63, 3.8) is 0 Å². The first-order valence-corrected chi connectivity index (χ1v) is 7.97. The van der Waals surface area contributed by atoms with Crippen molar-refractivity contribution in [1.82, 2.24) is 4.72 Å². The SMILES string of the molecule is CC1(C)C(O)CC1NS(=O)(=O)c1ccc(Br)cc1. The maximum atomic E-state index is 12.1. The fourth-order valence-electron chi connectivity index (χ4n) is 1.97. The van der Waals surface area contributed by atoms with Gasteiger partial charge >= 0.3 is 0 Å². The van der Waals surface area contributed by atoms with Crippen LogP contribution in [0.4, 0.5) is 0 Å². The van der Waals surface area contributed by atoms with Gasteiger partial charge in [-0.2, -0.15) is 0 Å². The van der Waals surface area contributed by atoms with Crippen LogP contribution >= 0.6 is 15.9 Å². The Morgan fingerprint density at radius 1 is 1.33 bits per heavy atom. The molecule has 2 atom stereocenters. The molecule has 100 valence electrons. The summed E-state index contributed by atoms with van der Waals surface area (Å²) in [6.07, 6.45) is 0.0121. The Labute approximate surface area is 116 Å². The smallest absolute Gasteiger partial charge is 0.240 e. The van der Waals surface area contributed by atoms with Crippen LogP contribution in [0.25, 0.3) is 0 Å². The van der Waals surface area contributed by atoms with Gasteiger partial charge in [0.05, 0.1) is 11.0 Å². The summed E-state index contributed by atoms with van der Waals surface area (Å²) in [7, 11) is -3.51. The topological polar surface area (TPSA) is 66.4 Å². The van der Waals surface area contributed by atoms with Gasteiger partial charge in [0.15, 0.2) is 0 Å². The van der Waals surface area contributed by atoms with E-state index in [1.165, 1.54) is 0 Å². The zero-order valence-electron chi connectivity index (χ0n) is 10.2. The molecular formula is C12H16BrNO3S. The van der Waals surface area contributed by atoms with Gasteiger partial charge in [-0.3, -0.25) is 0 Å². The molecule has 1 aromatic carbocycles. The monoisotopic (exact) mass is 333 g/mol. The maximum Gasteiger partial charge on any atom is 0.240 e. The molecule has 18 heavy (non-hydrogen) atoms. The van der Waals surface area contributed by atoms with Gasteiger partial charge in [-0.25, -0.2) is 13.1 Å². The summed E-state index contributed by atoms with van der Waals surface area (Å²) in [5, 5.41) is 9.61. The first-order chi connectivity index (χ1) is 8.23. The van der Waals surface area contributed by atoms with E-state index in [4.69, 9.17) is 0 Å². The molecule has 2 N–H and O–H groups in total. The number of aliphatic hydroxyl groups is 1. The summed E-state index contributed by atoms with van der Waals surface area (Å²) in [5.41, 5.74) is -0.414. The molecule has 1 aromatic rings.